The highest BCUT2D eigenvalue weighted by Gasteiger charge is 2.23. The lowest BCUT2D eigenvalue weighted by Crippen LogP contribution is -2.48. The van der Waals surface area contributed by atoms with Crippen LogP contribution < -0.4 is 4.74 Å². The van der Waals surface area contributed by atoms with Crippen LogP contribution in [0.4, 0.5) is 0 Å². The van der Waals surface area contributed by atoms with Crippen molar-refractivity contribution in [2.24, 2.45) is 0 Å². The largest absolute Gasteiger partial charge is 0.497 e. The van der Waals surface area contributed by atoms with Crippen molar-refractivity contribution in [2.75, 3.05) is 39.8 Å². The number of amides is 1. The fourth-order valence-corrected chi connectivity index (χ4v) is 3.03. The molecular formula is C19H25ClN2O3. The molecule has 1 saturated heterocycles. The van der Waals surface area contributed by atoms with E-state index in [1.807, 2.05) is 17.0 Å². The number of furan rings is 1. The first kappa shape index (κ1) is 19.3. The van der Waals surface area contributed by atoms with Crippen LogP contribution in [0.3, 0.4) is 0 Å². The van der Waals surface area contributed by atoms with Gasteiger partial charge < -0.3 is 14.1 Å². The lowest BCUT2D eigenvalue weighted by molar-refractivity contribution is 0.0605. The molecule has 3 rings (SSSR count). The molecule has 1 amide bonds. The third kappa shape index (κ3) is 5.25. The van der Waals surface area contributed by atoms with Crippen molar-refractivity contribution >= 4 is 18.3 Å². The molecule has 1 aliphatic heterocycles. The summed E-state index contributed by atoms with van der Waals surface area (Å²) in [5, 5.41) is 0. The minimum atomic E-state index is -0.00196. The maximum absolute atomic E-state index is 12.2. The molecular weight excluding hydrogens is 340 g/mol. The van der Waals surface area contributed by atoms with Crippen LogP contribution in [0.1, 0.15) is 22.5 Å². The molecule has 0 spiro atoms. The molecule has 0 bridgehead atoms. The van der Waals surface area contributed by atoms with Gasteiger partial charge >= 0.3 is 0 Å². The summed E-state index contributed by atoms with van der Waals surface area (Å²) in [5.74, 6) is 1.33. The average molecular weight is 365 g/mol. The number of hydrogen-bond donors (Lipinski definition) is 0. The van der Waals surface area contributed by atoms with Gasteiger partial charge in [-0.15, -0.1) is 12.4 Å². The van der Waals surface area contributed by atoms with E-state index in [0.29, 0.717) is 5.76 Å². The Morgan fingerprint density at radius 2 is 1.84 bits per heavy atom. The Balaban J connectivity index is 0.00000225. The Labute approximate surface area is 155 Å². The van der Waals surface area contributed by atoms with Crippen molar-refractivity contribution in [3.8, 4) is 5.75 Å². The fraction of sp³-hybridized carbons (Fsp3) is 0.421. The fourth-order valence-electron chi connectivity index (χ4n) is 3.03. The molecule has 1 aromatic heterocycles. The Morgan fingerprint density at radius 1 is 1.12 bits per heavy atom. The van der Waals surface area contributed by atoms with Gasteiger partial charge in [-0.05, 0) is 49.2 Å². The highest BCUT2D eigenvalue weighted by molar-refractivity contribution is 5.91. The molecule has 2 aromatic rings. The van der Waals surface area contributed by atoms with E-state index in [0.717, 1.165) is 51.3 Å². The van der Waals surface area contributed by atoms with Crippen molar-refractivity contribution in [1.29, 1.82) is 0 Å². The van der Waals surface area contributed by atoms with Crippen LogP contribution in [-0.2, 0) is 6.42 Å². The average Bonchev–Trinajstić information content (AvgIpc) is 3.17. The molecule has 1 aromatic carbocycles. The standard InChI is InChI=1S/C19H24N2O3.ClH/c1-23-17-8-6-16(7-9-17)4-2-10-20-11-13-21(14-12-20)19(22)18-5-3-15-24-18;/h3,5-9,15H,2,4,10-14H2,1H3;1H. The smallest absolute Gasteiger partial charge is 0.289 e. The third-order valence-electron chi connectivity index (χ3n) is 4.49. The number of ether oxygens (including phenoxy) is 1. The lowest BCUT2D eigenvalue weighted by atomic mass is 10.1. The zero-order chi connectivity index (χ0) is 16.8. The van der Waals surface area contributed by atoms with Gasteiger partial charge in [-0.2, -0.15) is 0 Å². The SMILES string of the molecule is COc1ccc(CCCN2CCN(C(=O)c3ccco3)CC2)cc1.Cl. The number of aryl methyl sites for hydroxylation is 1. The highest BCUT2D eigenvalue weighted by atomic mass is 35.5. The first-order valence-corrected chi connectivity index (χ1v) is 8.44. The van der Waals surface area contributed by atoms with Crippen LogP contribution in [0.2, 0.25) is 0 Å². The molecule has 5 nitrogen and oxygen atoms in total. The van der Waals surface area contributed by atoms with Gasteiger partial charge in [0, 0.05) is 26.2 Å². The molecule has 1 aliphatic rings. The van der Waals surface area contributed by atoms with Crippen molar-refractivity contribution in [2.45, 2.75) is 12.8 Å². The van der Waals surface area contributed by atoms with Crippen molar-refractivity contribution in [3.05, 3.63) is 54.0 Å². The molecule has 0 aliphatic carbocycles. The maximum atomic E-state index is 12.2. The first-order chi connectivity index (χ1) is 11.8. The molecule has 6 heteroatoms. The lowest BCUT2D eigenvalue weighted by Gasteiger charge is -2.34. The van der Waals surface area contributed by atoms with E-state index in [2.05, 4.69) is 17.0 Å². The summed E-state index contributed by atoms with van der Waals surface area (Å²) in [6, 6.07) is 11.7. The summed E-state index contributed by atoms with van der Waals surface area (Å²) in [4.78, 5) is 16.5. The van der Waals surface area contributed by atoms with Gasteiger partial charge in [0.15, 0.2) is 5.76 Å². The van der Waals surface area contributed by atoms with Crippen LogP contribution in [0.25, 0.3) is 0 Å². The zero-order valence-electron chi connectivity index (χ0n) is 14.5. The van der Waals surface area contributed by atoms with E-state index in [-0.39, 0.29) is 18.3 Å². The summed E-state index contributed by atoms with van der Waals surface area (Å²) < 4.78 is 10.4. The topological polar surface area (TPSA) is 45.9 Å². The van der Waals surface area contributed by atoms with E-state index >= 15 is 0 Å². The number of rotatable bonds is 6. The minimum Gasteiger partial charge on any atom is -0.497 e. The minimum absolute atomic E-state index is 0. The highest BCUT2D eigenvalue weighted by Crippen LogP contribution is 2.14. The van der Waals surface area contributed by atoms with Crippen molar-refractivity contribution in [3.63, 3.8) is 0 Å². The monoisotopic (exact) mass is 364 g/mol. The summed E-state index contributed by atoms with van der Waals surface area (Å²) in [7, 11) is 1.69. The Bertz CT molecular complexity index is 635. The molecule has 0 saturated carbocycles. The molecule has 25 heavy (non-hydrogen) atoms. The van der Waals surface area contributed by atoms with Gasteiger partial charge in [0.1, 0.15) is 5.75 Å². The van der Waals surface area contributed by atoms with Gasteiger partial charge in [0.2, 0.25) is 0 Å². The number of carbonyl (C=O) groups excluding carboxylic acids is 1. The molecule has 1 fully saturated rings. The van der Waals surface area contributed by atoms with E-state index in [4.69, 9.17) is 9.15 Å². The number of hydrogen-bond acceptors (Lipinski definition) is 4. The number of piperazine rings is 1. The Hall–Kier alpha value is -1.98. The van der Waals surface area contributed by atoms with Crippen LogP contribution in [-0.4, -0.2) is 55.5 Å². The molecule has 0 N–H and O–H groups in total. The number of carbonyl (C=O) groups is 1. The van der Waals surface area contributed by atoms with E-state index in [1.54, 1.807) is 25.5 Å². The quantitative estimate of drug-likeness (QED) is 0.790. The first-order valence-electron chi connectivity index (χ1n) is 8.44. The third-order valence-corrected chi connectivity index (χ3v) is 4.49. The van der Waals surface area contributed by atoms with Gasteiger partial charge in [-0.25, -0.2) is 0 Å². The van der Waals surface area contributed by atoms with Crippen molar-refractivity contribution < 1.29 is 13.9 Å². The Morgan fingerprint density at radius 3 is 2.44 bits per heavy atom. The second-order valence-electron chi connectivity index (χ2n) is 6.06. The number of nitrogens with zero attached hydrogens (tertiary/aromatic N) is 2. The number of benzene rings is 1. The van der Waals surface area contributed by atoms with Gasteiger partial charge in [0.05, 0.1) is 13.4 Å². The summed E-state index contributed by atoms with van der Waals surface area (Å²) in [5.41, 5.74) is 1.34. The van der Waals surface area contributed by atoms with Crippen LogP contribution in [0, 0.1) is 0 Å². The van der Waals surface area contributed by atoms with E-state index in [1.165, 1.54) is 5.56 Å². The summed E-state index contributed by atoms with van der Waals surface area (Å²) in [6.07, 6.45) is 3.73. The van der Waals surface area contributed by atoms with Crippen LogP contribution >= 0.6 is 12.4 Å². The summed E-state index contributed by atoms with van der Waals surface area (Å²) in [6.45, 7) is 4.45. The molecule has 2 heterocycles. The van der Waals surface area contributed by atoms with Gasteiger partial charge in [-0.1, -0.05) is 12.1 Å². The number of methoxy groups -OCH3 is 1. The second kappa shape index (κ2) is 9.49. The molecule has 136 valence electrons. The predicted octanol–water partition coefficient (Wildman–Crippen LogP) is 3.10. The van der Waals surface area contributed by atoms with E-state index < -0.39 is 0 Å². The second-order valence-corrected chi connectivity index (χ2v) is 6.06. The molecule has 0 radical (unpaired) electrons. The van der Waals surface area contributed by atoms with Crippen molar-refractivity contribution in [1.82, 2.24) is 9.80 Å². The Kier molecular flexibility index (Phi) is 7.34. The molecule has 0 unspecified atom stereocenters. The number of halogens is 1. The zero-order valence-corrected chi connectivity index (χ0v) is 15.3. The van der Waals surface area contributed by atoms with Gasteiger partial charge in [0.25, 0.3) is 5.91 Å². The maximum Gasteiger partial charge on any atom is 0.289 e. The predicted molar refractivity (Wildman–Crippen MR) is 99.6 cm³/mol. The van der Waals surface area contributed by atoms with Crippen LogP contribution in [0.15, 0.2) is 47.1 Å². The van der Waals surface area contributed by atoms with Crippen LogP contribution in [0.5, 0.6) is 5.75 Å². The van der Waals surface area contributed by atoms with E-state index in [9.17, 15) is 4.79 Å². The van der Waals surface area contributed by atoms with Gasteiger partial charge in [-0.3, -0.25) is 9.69 Å². The summed E-state index contributed by atoms with van der Waals surface area (Å²) >= 11 is 0. The normalized spacial score (nSPS) is 14.8. The molecule has 0 atom stereocenters.